The van der Waals surface area contributed by atoms with Crippen molar-refractivity contribution >= 4 is 10.8 Å². The van der Waals surface area contributed by atoms with Gasteiger partial charge in [0, 0.05) is 11.6 Å². The summed E-state index contributed by atoms with van der Waals surface area (Å²) in [6, 6.07) is 17.4. The maximum absolute atomic E-state index is 12.2. The van der Waals surface area contributed by atoms with Crippen molar-refractivity contribution in [2.75, 3.05) is 0 Å². The largest absolute Gasteiger partial charge is 0.472 e. The molecule has 21 heavy (non-hydrogen) atoms. The lowest BCUT2D eigenvalue weighted by atomic mass is 10.0. The fourth-order valence-corrected chi connectivity index (χ4v) is 2.59. The smallest absolute Gasteiger partial charge is 0.193 e. The first-order valence-corrected chi connectivity index (χ1v) is 6.68. The first-order valence-electron chi connectivity index (χ1n) is 6.68. The minimum Gasteiger partial charge on any atom is -0.472 e. The van der Waals surface area contributed by atoms with E-state index in [0.717, 1.165) is 16.3 Å². The molecule has 0 unspecified atom stereocenters. The van der Waals surface area contributed by atoms with Crippen molar-refractivity contribution in [1.82, 2.24) is 4.98 Å². The van der Waals surface area contributed by atoms with Crippen molar-refractivity contribution in [1.29, 1.82) is 0 Å². The molecular weight excluding hydrogens is 262 g/mol. The molecule has 0 spiro atoms. The lowest BCUT2D eigenvalue weighted by Crippen LogP contribution is -2.07. The Labute approximate surface area is 120 Å². The third-order valence-electron chi connectivity index (χ3n) is 3.61. The van der Waals surface area contributed by atoms with Crippen LogP contribution in [-0.2, 0) is 0 Å². The van der Waals surface area contributed by atoms with E-state index in [2.05, 4.69) is 17.1 Å². The molecule has 2 aromatic carbocycles. The van der Waals surface area contributed by atoms with Gasteiger partial charge in [0.15, 0.2) is 5.43 Å². The summed E-state index contributed by atoms with van der Waals surface area (Å²) in [6.45, 7) is 0. The fourth-order valence-electron chi connectivity index (χ4n) is 2.59. The predicted molar refractivity (Wildman–Crippen MR) is 82.3 cm³/mol. The van der Waals surface area contributed by atoms with E-state index in [1.807, 2.05) is 30.3 Å². The monoisotopic (exact) mass is 273 g/mol. The molecule has 0 N–H and O–H groups in total. The Morgan fingerprint density at radius 3 is 2.67 bits per heavy atom. The van der Waals surface area contributed by atoms with Crippen molar-refractivity contribution in [3.63, 3.8) is 0 Å². The molecule has 0 saturated heterocycles. The van der Waals surface area contributed by atoms with Crippen LogP contribution in [-0.4, -0.2) is 4.98 Å². The molecule has 3 nitrogen and oxygen atoms in total. The molecule has 2 aliphatic heterocycles. The average Bonchev–Trinajstić information content (AvgIpc) is 2.54. The van der Waals surface area contributed by atoms with Crippen molar-refractivity contribution < 1.29 is 4.42 Å². The van der Waals surface area contributed by atoms with E-state index in [4.69, 9.17) is 4.42 Å². The summed E-state index contributed by atoms with van der Waals surface area (Å²) in [5.41, 5.74) is 2.73. The Bertz CT molecular complexity index is 966. The lowest BCUT2D eigenvalue weighted by Gasteiger charge is -2.08. The zero-order chi connectivity index (χ0) is 14.2. The first kappa shape index (κ1) is 11.9. The molecule has 0 saturated carbocycles. The van der Waals surface area contributed by atoms with Gasteiger partial charge in [-0.25, -0.2) is 4.98 Å². The van der Waals surface area contributed by atoms with E-state index in [0.29, 0.717) is 17.0 Å². The van der Waals surface area contributed by atoms with Crippen LogP contribution in [0.5, 0.6) is 0 Å². The number of nitrogens with zero attached hydrogens (tertiary/aromatic N) is 1. The number of fused-ring (bicyclic) bond motifs is 2. The first-order chi connectivity index (χ1) is 10.3. The lowest BCUT2D eigenvalue weighted by molar-refractivity contribution is 0.550. The Balaban J connectivity index is 2.06. The van der Waals surface area contributed by atoms with Crippen LogP contribution >= 0.6 is 0 Å². The molecule has 0 aliphatic carbocycles. The quantitative estimate of drug-likeness (QED) is 0.527. The van der Waals surface area contributed by atoms with Gasteiger partial charge in [0.25, 0.3) is 0 Å². The Morgan fingerprint density at radius 2 is 1.71 bits per heavy atom. The average molecular weight is 273 g/mol. The highest BCUT2D eigenvalue weighted by atomic mass is 16.3. The number of hydrogen-bond acceptors (Lipinski definition) is 3. The van der Waals surface area contributed by atoms with Crippen LogP contribution in [0.25, 0.3) is 33.3 Å². The highest BCUT2D eigenvalue weighted by Crippen LogP contribution is 2.28. The van der Waals surface area contributed by atoms with Crippen LogP contribution in [0.15, 0.2) is 76.3 Å². The molecule has 4 rings (SSSR count). The third-order valence-corrected chi connectivity index (χ3v) is 3.61. The number of hydrogen-bond donors (Lipinski definition) is 0. The molecule has 0 amide bonds. The number of rotatable bonds is 1. The highest BCUT2D eigenvalue weighted by molar-refractivity contribution is 5.96. The second kappa shape index (κ2) is 4.56. The molecule has 0 bridgehead atoms. The predicted octanol–water partition coefficient (Wildman–Crippen LogP) is 3.96. The van der Waals surface area contributed by atoms with Gasteiger partial charge in [-0.1, -0.05) is 42.5 Å². The second-order valence-electron chi connectivity index (χ2n) is 4.89. The summed E-state index contributed by atoms with van der Waals surface area (Å²) in [6.07, 6.45) is 2.97. The van der Waals surface area contributed by atoms with Gasteiger partial charge in [-0.15, -0.1) is 0 Å². The van der Waals surface area contributed by atoms with Gasteiger partial charge in [0.2, 0.25) is 0 Å². The fraction of sp³-hybridized carbons (Fsp3) is 0. The molecule has 2 aliphatic rings. The number of benzene rings is 2. The van der Waals surface area contributed by atoms with Gasteiger partial charge in [-0.2, -0.15) is 0 Å². The van der Waals surface area contributed by atoms with E-state index >= 15 is 0 Å². The summed E-state index contributed by atoms with van der Waals surface area (Å²) in [7, 11) is 0. The minimum atomic E-state index is -0.0766. The van der Waals surface area contributed by atoms with Gasteiger partial charge in [0.05, 0.1) is 23.2 Å². The van der Waals surface area contributed by atoms with Crippen LogP contribution in [0.3, 0.4) is 0 Å². The maximum atomic E-state index is 12.2. The van der Waals surface area contributed by atoms with Crippen LogP contribution < -0.4 is 5.43 Å². The zero-order valence-electron chi connectivity index (χ0n) is 11.1. The van der Waals surface area contributed by atoms with E-state index in [-0.39, 0.29) is 5.43 Å². The van der Waals surface area contributed by atoms with Crippen molar-refractivity contribution in [2.24, 2.45) is 0 Å². The van der Waals surface area contributed by atoms with E-state index in [9.17, 15) is 4.79 Å². The topological polar surface area (TPSA) is 43.1 Å². The molecule has 100 valence electrons. The Morgan fingerprint density at radius 1 is 0.857 bits per heavy atom. The van der Waals surface area contributed by atoms with Gasteiger partial charge in [0.1, 0.15) is 6.26 Å². The molecule has 0 atom stereocenters. The van der Waals surface area contributed by atoms with Gasteiger partial charge in [-0.3, -0.25) is 4.79 Å². The number of aromatic nitrogens is 1. The van der Waals surface area contributed by atoms with Crippen LogP contribution in [0.2, 0.25) is 0 Å². The summed E-state index contributed by atoms with van der Waals surface area (Å²) in [5.74, 6) is 0. The van der Waals surface area contributed by atoms with Crippen molar-refractivity contribution in [2.45, 2.75) is 0 Å². The number of pyridine rings is 1. The van der Waals surface area contributed by atoms with Gasteiger partial charge >= 0.3 is 0 Å². The third kappa shape index (κ3) is 1.91. The molecule has 2 heterocycles. The molecule has 0 fully saturated rings. The molecule has 0 aromatic heterocycles. The minimum absolute atomic E-state index is 0.0766. The maximum Gasteiger partial charge on any atom is 0.193 e. The summed E-state index contributed by atoms with van der Waals surface area (Å²) in [5, 5.41) is 2.22. The van der Waals surface area contributed by atoms with Crippen LogP contribution in [0.4, 0.5) is 0 Å². The van der Waals surface area contributed by atoms with E-state index in [1.165, 1.54) is 12.5 Å². The van der Waals surface area contributed by atoms with Crippen LogP contribution in [0, 0.1) is 0 Å². The highest BCUT2D eigenvalue weighted by Gasteiger charge is 2.12. The zero-order valence-corrected chi connectivity index (χ0v) is 11.1. The molecule has 2 aromatic rings. The van der Waals surface area contributed by atoms with Gasteiger partial charge in [-0.05, 0) is 16.8 Å². The van der Waals surface area contributed by atoms with E-state index in [1.54, 1.807) is 12.1 Å². The van der Waals surface area contributed by atoms with E-state index < -0.39 is 0 Å². The Hall–Kier alpha value is -2.94. The van der Waals surface area contributed by atoms with Crippen molar-refractivity contribution in [3.8, 4) is 22.5 Å². The van der Waals surface area contributed by atoms with Crippen LogP contribution in [0.1, 0.15) is 0 Å². The summed E-state index contributed by atoms with van der Waals surface area (Å²) >= 11 is 0. The molecule has 3 heteroatoms. The molecular formula is C18H11NO2. The summed E-state index contributed by atoms with van der Waals surface area (Å²) in [4.78, 5) is 16.8. The second-order valence-corrected chi connectivity index (χ2v) is 4.89. The Kier molecular flexibility index (Phi) is 2.57. The van der Waals surface area contributed by atoms with Crippen molar-refractivity contribution in [3.05, 3.63) is 77.3 Å². The standard InChI is InChI=1S/C18H11NO2/c20-18-10-17(19-16-8-9-21-11-15(16)18)14-7-3-5-12-4-1-2-6-13(12)14/h1-11H. The summed E-state index contributed by atoms with van der Waals surface area (Å²) < 4.78 is 5.05. The molecule has 0 radical (unpaired) electrons. The normalized spacial score (nSPS) is 11.0. The van der Waals surface area contributed by atoms with Gasteiger partial charge < -0.3 is 4.42 Å². The SMILES string of the molecule is O=c1cc(-c2cccc3ccccc23)nc2ccocc1-2.